The summed E-state index contributed by atoms with van der Waals surface area (Å²) in [6.45, 7) is 1.50. The molecule has 0 aliphatic rings. The van der Waals surface area contributed by atoms with Crippen molar-refractivity contribution < 1.29 is 4.79 Å². The predicted octanol–water partition coefficient (Wildman–Crippen LogP) is 1.20. The van der Waals surface area contributed by atoms with Crippen LogP contribution in [0.4, 0.5) is 0 Å². The number of carbonyl (C=O) groups excluding carboxylic acids is 1. The highest BCUT2D eigenvalue weighted by Gasteiger charge is 2.14. The van der Waals surface area contributed by atoms with Crippen molar-refractivity contribution in [3.63, 3.8) is 0 Å². The van der Waals surface area contributed by atoms with Crippen molar-refractivity contribution in [1.82, 2.24) is 4.57 Å². The highest BCUT2D eigenvalue weighted by atomic mass is 35.5. The Kier molecular flexibility index (Phi) is 3.18. The first-order valence-electron chi connectivity index (χ1n) is 3.80. The van der Waals surface area contributed by atoms with Crippen molar-refractivity contribution in [2.45, 2.75) is 13.0 Å². The van der Waals surface area contributed by atoms with E-state index >= 15 is 0 Å². The number of pyridine rings is 1. The smallest absolute Gasteiger partial charge is 0.270 e. The Bertz CT molecular complexity index is 428. The lowest BCUT2D eigenvalue weighted by atomic mass is 10.3. The number of rotatable bonds is 2. The van der Waals surface area contributed by atoms with E-state index in [1.807, 2.05) is 0 Å². The van der Waals surface area contributed by atoms with Crippen LogP contribution in [0.2, 0.25) is 10.0 Å². The Morgan fingerprint density at radius 1 is 1.57 bits per heavy atom. The van der Waals surface area contributed by atoms with Crippen molar-refractivity contribution in [3.8, 4) is 0 Å². The minimum absolute atomic E-state index is 0.0365. The third kappa shape index (κ3) is 2.08. The minimum Gasteiger partial charge on any atom is -0.368 e. The molecule has 0 saturated heterocycles. The zero-order valence-corrected chi connectivity index (χ0v) is 8.84. The van der Waals surface area contributed by atoms with E-state index in [1.54, 1.807) is 0 Å². The summed E-state index contributed by atoms with van der Waals surface area (Å²) in [6, 6.07) is 0.550. The summed E-state index contributed by atoms with van der Waals surface area (Å²) in [6.07, 6.45) is 1.32. The van der Waals surface area contributed by atoms with E-state index in [-0.39, 0.29) is 10.0 Å². The highest BCUT2D eigenvalue weighted by molar-refractivity contribution is 6.34. The molecule has 1 aromatic rings. The molecule has 0 spiro atoms. The van der Waals surface area contributed by atoms with E-state index in [0.717, 1.165) is 4.57 Å². The summed E-state index contributed by atoms with van der Waals surface area (Å²) in [4.78, 5) is 22.3. The van der Waals surface area contributed by atoms with Gasteiger partial charge in [0.15, 0.2) is 0 Å². The van der Waals surface area contributed by atoms with Crippen LogP contribution in [0.3, 0.4) is 0 Å². The standard InChI is InChI=1S/C8H8Cl2N2O2/c1-4(7(11)13)12-3-5(9)2-6(10)8(12)14/h2-4H,1H3,(H2,11,13). The summed E-state index contributed by atoms with van der Waals surface area (Å²) in [5, 5.41) is 0.244. The molecule has 0 saturated carbocycles. The van der Waals surface area contributed by atoms with Crippen molar-refractivity contribution in [3.05, 3.63) is 32.7 Å². The van der Waals surface area contributed by atoms with Gasteiger partial charge in [-0.25, -0.2) is 0 Å². The maximum atomic E-state index is 11.4. The van der Waals surface area contributed by atoms with Crippen LogP contribution in [0.25, 0.3) is 0 Å². The van der Waals surface area contributed by atoms with Gasteiger partial charge in [-0.05, 0) is 13.0 Å². The van der Waals surface area contributed by atoms with Crippen LogP contribution < -0.4 is 11.3 Å². The number of halogens is 2. The normalized spacial score (nSPS) is 12.5. The maximum absolute atomic E-state index is 11.4. The van der Waals surface area contributed by atoms with Gasteiger partial charge in [-0.3, -0.25) is 9.59 Å². The summed E-state index contributed by atoms with van der Waals surface area (Å²) >= 11 is 11.3. The highest BCUT2D eigenvalue weighted by Crippen LogP contribution is 2.13. The average molecular weight is 235 g/mol. The lowest BCUT2D eigenvalue weighted by molar-refractivity contribution is -0.120. The fraction of sp³-hybridized carbons (Fsp3) is 0.250. The van der Waals surface area contributed by atoms with Crippen LogP contribution in [0, 0.1) is 0 Å². The first-order valence-corrected chi connectivity index (χ1v) is 4.55. The van der Waals surface area contributed by atoms with E-state index in [2.05, 4.69) is 0 Å². The number of primary amides is 1. The van der Waals surface area contributed by atoms with E-state index in [4.69, 9.17) is 28.9 Å². The molecular formula is C8H8Cl2N2O2. The maximum Gasteiger partial charge on any atom is 0.270 e. The van der Waals surface area contributed by atoms with Gasteiger partial charge in [0.2, 0.25) is 5.91 Å². The van der Waals surface area contributed by atoms with Gasteiger partial charge >= 0.3 is 0 Å². The Morgan fingerprint density at radius 2 is 2.14 bits per heavy atom. The second-order valence-electron chi connectivity index (χ2n) is 2.80. The largest absolute Gasteiger partial charge is 0.368 e. The van der Waals surface area contributed by atoms with Gasteiger partial charge in [0.05, 0.1) is 5.02 Å². The zero-order valence-electron chi connectivity index (χ0n) is 7.33. The number of nitrogens with zero attached hydrogens (tertiary/aromatic N) is 1. The zero-order chi connectivity index (χ0) is 10.9. The second kappa shape index (κ2) is 4.02. The van der Waals surface area contributed by atoms with Crippen LogP contribution in [-0.4, -0.2) is 10.5 Å². The number of hydrogen-bond acceptors (Lipinski definition) is 2. The lowest BCUT2D eigenvalue weighted by Gasteiger charge is -2.11. The fourth-order valence-electron chi connectivity index (χ4n) is 0.960. The first kappa shape index (κ1) is 11.1. The minimum atomic E-state index is -0.765. The van der Waals surface area contributed by atoms with E-state index in [9.17, 15) is 9.59 Å². The van der Waals surface area contributed by atoms with Gasteiger partial charge in [-0.15, -0.1) is 0 Å². The van der Waals surface area contributed by atoms with Gasteiger partial charge in [-0.2, -0.15) is 0 Å². The molecule has 1 unspecified atom stereocenters. The third-order valence-corrected chi connectivity index (χ3v) is 2.27. The first-order chi connectivity index (χ1) is 6.43. The van der Waals surface area contributed by atoms with Crippen molar-refractivity contribution in [2.75, 3.05) is 0 Å². The Hall–Kier alpha value is -1.00. The van der Waals surface area contributed by atoms with Gasteiger partial charge < -0.3 is 10.3 Å². The topological polar surface area (TPSA) is 65.1 Å². The summed E-state index contributed by atoms with van der Waals surface area (Å²) in [5.74, 6) is -0.620. The number of carbonyl (C=O) groups is 1. The molecule has 0 aliphatic heterocycles. The monoisotopic (exact) mass is 234 g/mol. The summed E-state index contributed by atoms with van der Waals surface area (Å²) < 4.78 is 1.10. The van der Waals surface area contributed by atoms with Crippen LogP contribution in [0.5, 0.6) is 0 Å². The van der Waals surface area contributed by atoms with Crippen LogP contribution >= 0.6 is 23.2 Å². The molecule has 14 heavy (non-hydrogen) atoms. The molecule has 1 aromatic heterocycles. The SMILES string of the molecule is CC(C(N)=O)n1cc(Cl)cc(Cl)c1=O. The molecule has 2 N–H and O–H groups in total. The molecule has 4 nitrogen and oxygen atoms in total. The quantitative estimate of drug-likeness (QED) is 0.836. The summed E-state index contributed by atoms with van der Waals surface area (Å²) in [7, 11) is 0. The van der Waals surface area contributed by atoms with E-state index in [1.165, 1.54) is 19.2 Å². The Balaban J connectivity index is 3.34. The molecule has 1 atom stereocenters. The molecule has 0 bridgehead atoms. The second-order valence-corrected chi connectivity index (χ2v) is 3.64. The third-order valence-electron chi connectivity index (χ3n) is 1.79. The molecule has 1 rings (SSSR count). The molecule has 0 aromatic carbocycles. The lowest BCUT2D eigenvalue weighted by Crippen LogP contribution is -2.31. The number of hydrogen-bond donors (Lipinski definition) is 1. The fourth-order valence-corrected chi connectivity index (χ4v) is 1.44. The van der Waals surface area contributed by atoms with Crippen LogP contribution in [-0.2, 0) is 4.79 Å². The molecule has 76 valence electrons. The molecule has 0 fully saturated rings. The van der Waals surface area contributed by atoms with Crippen molar-refractivity contribution in [2.24, 2.45) is 5.73 Å². The number of amides is 1. The van der Waals surface area contributed by atoms with Crippen molar-refractivity contribution in [1.29, 1.82) is 0 Å². The average Bonchev–Trinajstić information content (AvgIpc) is 2.09. The van der Waals surface area contributed by atoms with Crippen LogP contribution in [0.15, 0.2) is 17.1 Å². The van der Waals surface area contributed by atoms with Gasteiger partial charge in [-0.1, -0.05) is 23.2 Å². The van der Waals surface area contributed by atoms with Crippen LogP contribution in [0.1, 0.15) is 13.0 Å². The van der Waals surface area contributed by atoms with E-state index < -0.39 is 17.5 Å². The van der Waals surface area contributed by atoms with Gasteiger partial charge in [0.25, 0.3) is 5.56 Å². The van der Waals surface area contributed by atoms with Gasteiger partial charge in [0, 0.05) is 6.20 Å². The van der Waals surface area contributed by atoms with Crippen molar-refractivity contribution >= 4 is 29.1 Å². The molecule has 1 amide bonds. The number of aromatic nitrogens is 1. The van der Waals surface area contributed by atoms with Gasteiger partial charge in [0.1, 0.15) is 11.1 Å². The predicted molar refractivity (Wildman–Crippen MR) is 54.6 cm³/mol. The molecule has 0 radical (unpaired) electrons. The van der Waals surface area contributed by atoms with E-state index in [0.29, 0.717) is 0 Å². The molecular weight excluding hydrogens is 227 g/mol. The number of nitrogens with two attached hydrogens (primary N) is 1. The Morgan fingerprint density at radius 3 is 2.64 bits per heavy atom. The Labute approximate surface area is 90.2 Å². The molecule has 0 aliphatic carbocycles. The molecule has 6 heteroatoms. The summed E-state index contributed by atoms with van der Waals surface area (Å²) in [5.41, 5.74) is 4.57. The molecule has 1 heterocycles.